The summed E-state index contributed by atoms with van der Waals surface area (Å²) in [6, 6.07) is 14.8. The summed E-state index contributed by atoms with van der Waals surface area (Å²) >= 11 is 0. The fraction of sp³-hybridized carbons (Fsp3) is 0.250. The number of carboxylic acid groups (broad SMARTS) is 1. The molecule has 7 heteroatoms. The van der Waals surface area contributed by atoms with Crippen LogP contribution < -0.4 is 10.6 Å². The quantitative estimate of drug-likeness (QED) is 0.562. The van der Waals surface area contributed by atoms with Crippen LogP contribution in [0.3, 0.4) is 0 Å². The number of nitrogens with one attached hydrogen (secondary N) is 2. The van der Waals surface area contributed by atoms with E-state index in [0.29, 0.717) is 11.1 Å². The van der Waals surface area contributed by atoms with E-state index in [1.54, 1.807) is 67.6 Å². The van der Waals surface area contributed by atoms with E-state index in [9.17, 15) is 19.5 Å². The Hall–Kier alpha value is -3.19. The largest absolute Gasteiger partial charge is 0.480 e. The highest BCUT2D eigenvalue weighted by Gasteiger charge is 2.31. The van der Waals surface area contributed by atoms with Crippen molar-refractivity contribution >= 4 is 17.8 Å². The summed E-state index contributed by atoms with van der Waals surface area (Å²) in [5.74, 6) is -2.52. The standard InChI is InChI=1S/C20H22N2O5/c1-2-15(20(26)27)21-19(25)17(23)16(13-9-5-3-6-10-13)22-18(24)14-11-7-4-8-12-14/h3-12,15-17,23H,2H2,1H3,(H,21,25)(H,22,24)(H,26,27)/t15-,16-,17+/m0/s1. The molecule has 0 aliphatic carbocycles. The Kier molecular flexibility index (Phi) is 7.08. The first-order valence-electron chi connectivity index (χ1n) is 8.56. The van der Waals surface area contributed by atoms with E-state index in [2.05, 4.69) is 10.6 Å². The lowest BCUT2D eigenvalue weighted by molar-refractivity contribution is -0.143. The van der Waals surface area contributed by atoms with Crippen molar-refractivity contribution in [3.05, 3.63) is 71.8 Å². The zero-order chi connectivity index (χ0) is 19.8. The number of aliphatic carboxylic acids is 1. The molecule has 2 aromatic carbocycles. The summed E-state index contributed by atoms with van der Waals surface area (Å²) in [7, 11) is 0. The number of aliphatic hydroxyl groups is 1. The first-order chi connectivity index (χ1) is 12.9. The number of aliphatic hydroxyl groups excluding tert-OH is 1. The smallest absolute Gasteiger partial charge is 0.326 e. The minimum Gasteiger partial charge on any atom is -0.480 e. The van der Waals surface area contributed by atoms with Gasteiger partial charge < -0.3 is 20.8 Å². The highest BCUT2D eigenvalue weighted by atomic mass is 16.4. The SMILES string of the molecule is CC[C@H](NC(=O)[C@H](O)[C@@H](NC(=O)c1ccccc1)c1ccccc1)C(=O)O. The van der Waals surface area contributed by atoms with E-state index in [4.69, 9.17) is 5.11 Å². The molecule has 2 amide bonds. The average molecular weight is 370 g/mol. The number of hydrogen-bond acceptors (Lipinski definition) is 4. The molecule has 0 radical (unpaired) electrons. The van der Waals surface area contributed by atoms with Crippen LogP contribution in [0.2, 0.25) is 0 Å². The first kappa shape index (κ1) is 20.1. The van der Waals surface area contributed by atoms with Crippen molar-refractivity contribution < 1.29 is 24.6 Å². The minimum absolute atomic E-state index is 0.167. The molecule has 2 rings (SSSR count). The van der Waals surface area contributed by atoms with Crippen molar-refractivity contribution in [3.8, 4) is 0 Å². The molecule has 27 heavy (non-hydrogen) atoms. The van der Waals surface area contributed by atoms with Gasteiger partial charge in [0.15, 0.2) is 6.10 Å². The molecule has 0 spiro atoms. The summed E-state index contributed by atoms with van der Waals surface area (Å²) in [6.45, 7) is 1.61. The topological polar surface area (TPSA) is 116 Å². The third kappa shape index (κ3) is 5.39. The number of hydrogen-bond donors (Lipinski definition) is 4. The number of carbonyl (C=O) groups is 3. The first-order valence-corrected chi connectivity index (χ1v) is 8.56. The van der Waals surface area contributed by atoms with Crippen molar-refractivity contribution in [1.82, 2.24) is 10.6 Å². The normalized spacial score (nSPS) is 13.9. The number of rotatable bonds is 8. The van der Waals surface area contributed by atoms with Gasteiger partial charge in [-0.05, 0) is 24.1 Å². The van der Waals surface area contributed by atoms with Gasteiger partial charge in [0, 0.05) is 5.56 Å². The fourth-order valence-electron chi connectivity index (χ4n) is 2.57. The van der Waals surface area contributed by atoms with E-state index in [1.165, 1.54) is 0 Å². The maximum absolute atomic E-state index is 12.5. The van der Waals surface area contributed by atoms with Crippen LogP contribution in [0, 0.1) is 0 Å². The van der Waals surface area contributed by atoms with Gasteiger partial charge in [-0.3, -0.25) is 9.59 Å². The van der Waals surface area contributed by atoms with Crippen LogP contribution in [0.25, 0.3) is 0 Å². The Morgan fingerprint density at radius 2 is 1.48 bits per heavy atom. The number of carboxylic acids is 1. The maximum atomic E-state index is 12.5. The van der Waals surface area contributed by atoms with Gasteiger partial charge in [-0.2, -0.15) is 0 Å². The second kappa shape index (κ2) is 9.49. The van der Waals surface area contributed by atoms with Crippen LogP contribution in [0.5, 0.6) is 0 Å². The van der Waals surface area contributed by atoms with E-state index in [1.807, 2.05) is 0 Å². The molecule has 4 N–H and O–H groups in total. The molecule has 0 saturated carbocycles. The molecule has 0 aliphatic heterocycles. The molecular weight excluding hydrogens is 348 g/mol. The second-order valence-corrected chi connectivity index (χ2v) is 5.98. The zero-order valence-corrected chi connectivity index (χ0v) is 14.8. The molecule has 3 atom stereocenters. The van der Waals surface area contributed by atoms with Gasteiger partial charge in [0.05, 0.1) is 6.04 Å². The molecule has 142 valence electrons. The molecule has 7 nitrogen and oxygen atoms in total. The predicted molar refractivity (Wildman–Crippen MR) is 99.0 cm³/mol. The average Bonchev–Trinajstić information content (AvgIpc) is 2.70. The zero-order valence-electron chi connectivity index (χ0n) is 14.8. The van der Waals surface area contributed by atoms with E-state index < -0.39 is 36.0 Å². The summed E-state index contributed by atoms with van der Waals surface area (Å²) in [6.07, 6.45) is -1.49. The second-order valence-electron chi connectivity index (χ2n) is 5.98. The Balaban J connectivity index is 2.23. The number of carbonyl (C=O) groups excluding carboxylic acids is 2. The summed E-state index contributed by atoms with van der Waals surface area (Å²) in [5.41, 5.74) is 0.899. The number of benzene rings is 2. The third-order valence-corrected chi connectivity index (χ3v) is 4.09. The van der Waals surface area contributed by atoms with Crippen LogP contribution in [0.4, 0.5) is 0 Å². The van der Waals surface area contributed by atoms with E-state index in [0.717, 1.165) is 0 Å². The van der Waals surface area contributed by atoms with Crippen molar-refractivity contribution in [2.75, 3.05) is 0 Å². The van der Waals surface area contributed by atoms with Gasteiger partial charge >= 0.3 is 5.97 Å². The van der Waals surface area contributed by atoms with Crippen LogP contribution in [-0.2, 0) is 9.59 Å². The summed E-state index contributed by atoms with van der Waals surface area (Å²) in [5, 5.41) is 24.6. The fourth-order valence-corrected chi connectivity index (χ4v) is 2.57. The summed E-state index contributed by atoms with van der Waals surface area (Å²) < 4.78 is 0. The van der Waals surface area contributed by atoms with Gasteiger partial charge in [0.2, 0.25) is 0 Å². The lowest BCUT2D eigenvalue weighted by Gasteiger charge is -2.25. The highest BCUT2D eigenvalue weighted by Crippen LogP contribution is 2.18. The molecular formula is C20H22N2O5. The maximum Gasteiger partial charge on any atom is 0.326 e. The molecule has 2 aromatic rings. The number of amides is 2. The predicted octanol–water partition coefficient (Wildman–Crippen LogP) is 1.50. The van der Waals surface area contributed by atoms with Crippen molar-refractivity contribution in [3.63, 3.8) is 0 Å². The molecule has 0 bridgehead atoms. The lowest BCUT2D eigenvalue weighted by atomic mass is 9.99. The van der Waals surface area contributed by atoms with Gasteiger partial charge in [-0.15, -0.1) is 0 Å². The molecule has 0 aromatic heterocycles. The van der Waals surface area contributed by atoms with Crippen molar-refractivity contribution in [2.45, 2.75) is 31.5 Å². The van der Waals surface area contributed by atoms with E-state index >= 15 is 0 Å². The minimum atomic E-state index is -1.66. The van der Waals surface area contributed by atoms with Crippen LogP contribution in [0.1, 0.15) is 35.3 Å². The Labute approximate surface area is 157 Å². The van der Waals surface area contributed by atoms with Crippen LogP contribution >= 0.6 is 0 Å². The van der Waals surface area contributed by atoms with Gasteiger partial charge in [-0.25, -0.2) is 4.79 Å². The summed E-state index contributed by atoms with van der Waals surface area (Å²) in [4.78, 5) is 36.0. The molecule has 0 unspecified atom stereocenters. The molecule has 0 heterocycles. The lowest BCUT2D eigenvalue weighted by Crippen LogP contribution is -2.50. The molecule has 0 fully saturated rings. The van der Waals surface area contributed by atoms with Crippen molar-refractivity contribution in [2.24, 2.45) is 0 Å². The van der Waals surface area contributed by atoms with Gasteiger partial charge in [0.1, 0.15) is 6.04 Å². The van der Waals surface area contributed by atoms with Gasteiger partial charge in [-0.1, -0.05) is 55.5 Å². The van der Waals surface area contributed by atoms with E-state index in [-0.39, 0.29) is 6.42 Å². The monoisotopic (exact) mass is 370 g/mol. The van der Waals surface area contributed by atoms with Crippen LogP contribution in [-0.4, -0.2) is 40.1 Å². The third-order valence-electron chi connectivity index (χ3n) is 4.09. The molecule has 0 aliphatic rings. The molecule has 0 saturated heterocycles. The Morgan fingerprint density at radius 3 is 2.00 bits per heavy atom. The highest BCUT2D eigenvalue weighted by molar-refractivity contribution is 5.95. The van der Waals surface area contributed by atoms with Gasteiger partial charge in [0.25, 0.3) is 11.8 Å². The van der Waals surface area contributed by atoms with Crippen molar-refractivity contribution in [1.29, 1.82) is 0 Å². The Morgan fingerprint density at radius 1 is 0.926 bits per heavy atom. The van der Waals surface area contributed by atoms with Crippen LogP contribution in [0.15, 0.2) is 60.7 Å². The Bertz CT molecular complexity index is 779.